The van der Waals surface area contributed by atoms with Gasteiger partial charge in [-0.3, -0.25) is 0 Å². The van der Waals surface area contributed by atoms with Crippen LogP contribution in [-0.4, -0.2) is 24.1 Å². The van der Waals surface area contributed by atoms with Crippen LogP contribution in [0.15, 0.2) is 17.8 Å². The first-order valence-corrected chi connectivity index (χ1v) is 5.63. The summed E-state index contributed by atoms with van der Waals surface area (Å²) in [6.07, 6.45) is 5.03. The molecule has 2 rings (SSSR count). The van der Waals surface area contributed by atoms with Crippen molar-refractivity contribution in [2.75, 3.05) is 13.1 Å². The Morgan fingerprint density at radius 3 is 3.21 bits per heavy atom. The molecule has 0 amide bonds. The van der Waals surface area contributed by atoms with Crippen LogP contribution >= 0.6 is 11.3 Å². The minimum atomic E-state index is 0.166. The van der Waals surface area contributed by atoms with Gasteiger partial charge in [0.2, 0.25) is 0 Å². The molecule has 0 saturated carbocycles. The maximum atomic E-state index is 5.83. The van der Waals surface area contributed by atoms with Gasteiger partial charge in [-0.25, -0.2) is 4.98 Å². The first-order chi connectivity index (χ1) is 6.74. The Kier molecular flexibility index (Phi) is 2.96. The van der Waals surface area contributed by atoms with Gasteiger partial charge in [-0.2, -0.15) is 0 Å². The molecule has 0 radical (unpaired) electrons. The predicted octanol–water partition coefficient (Wildman–Crippen LogP) is 0.851. The van der Waals surface area contributed by atoms with Crippen molar-refractivity contribution in [2.45, 2.75) is 19.4 Å². The Hall–Kier alpha value is -0.710. The number of nitrogens with two attached hydrogens (primary N) is 1. The fraction of sp³-hybridized carbons (Fsp3) is 0.500. The third kappa shape index (κ3) is 2.41. The van der Waals surface area contributed by atoms with E-state index in [2.05, 4.69) is 23.3 Å². The number of hydrogen-bond donors (Lipinski definition) is 2. The van der Waals surface area contributed by atoms with E-state index in [9.17, 15) is 0 Å². The van der Waals surface area contributed by atoms with Gasteiger partial charge in [-0.1, -0.05) is 11.6 Å². The van der Waals surface area contributed by atoms with E-state index in [1.54, 1.807) is 11.3 Å². The molecule has 0 saturated heterocycles. The number of aryl methyl sites for hydroxylation is 1. The molecule has 1 unspecified atom stereocenters. The van der Waals surface area contributed by atoms with Crippen molar-refractivity contribution in [3.05, 3.63) is 27.7 Å². The Morgan fingerprint density at radius 1 is 1.71 bits per heavy atom. The Morgan fingerprint density at radius 2 is 2.57 bits per heavy atom. The SMILES string of the molecule is Cc1cnc(CC2=CC(N)CNC2)s1. The minimum Gasteiger partial charge on any atom is -0.323 e. The summed E-state index contributed by atoms with van der Waals surface area (Å²) in [7, 11) is 0. The van der Waals surface area contributed by atoms with Crippen molar-refractivity contribution in [1.82, 2.24) is 10.3 Å². The Balaban J connectivity index is 2.03. The highest BCUT2D eigenvalue weighted by Crippen LogP contribution is 2.16. The van der Waals surface area contributed by atoms with Crippen LogP contribution in [-0.2, 0) is 6.42 Å². The average molecular weight is 209 g/mol. The van der Waals surface area contributed by atoms with E-state index in [1.165, 1.54) is 15.5 Å². The van der Waals surface area contributed by atoms with E-state index in [1.807, 2.05) is 6.20 Å². The molecule has 2 heterocycles. The molecule has 76 valence electrons. The number of hydrogen-bond acceptors (Lipinski definition) is 4. The largest absolute Gasteiger partial charge is 0.323 e. The zero-order valence-electron chi connectivity index (χ0n) is 8.29. The molecule has 3 N–H and O–H groups in total. The highest BCUT2D eigenvalue weighted by Gasteiger charge is 2.10. The van der Waals surface area contributed by atoms with Crippen LogP contribution in [0.1, 0.15) is 9.88 Å². The first-order valence-electron chi connectivity index (χ1n) is 4.81. The monoisotopic (exact) mass is 209 g/mol. The first kappa shape index (κ1) is 9.83. The van der Waals surface area contributed by atoms with Gasteiger partial charge < -0.3 is 11.1 Å². The summed E-state index contributed by atoms with van der Waals surface area (Å²) in [6.45, 7) is 3.92. The van der Waals surface area contributed by atoms with Crippen LogP contribution < -0.4 is 11.1 Å². The van der Waals surface area contributed by atoms with Gasteiger partial charge in [-0.15, -0.1) is 11.3 Å². The molecule has 0 aromatic carbocycles. The van der Waals surface area contributed by atoms with E-state index in [-0.39, 0.29) is 6.04 Å². The Bertz CT molecular complexity index is 343. The number of thiazole rings is 1. The molecular formula is C10H15N3S. The molecule has 1 aromatic heterocycles. The molecule has 1 aliphatic rings. The predicted molar refractivity (Wildman–Crippen MR) is 59.5 cm³/mol. The van der Waals surface area contributed by atoms with Gasteiger partial charge in [-0.05, 0) is 6.92 Å². The van der Waals surface area contributed by atoms with Crippen molar-refractivity contribution < 1.29 is 0 Å². The quantitative estimate of drug-likeness (QED) is 0.710. The number of rotatable bonds is 2. The second kappa shape index (κ2) is 4.21. The topological polar surface area (TPSA) is 50.9 Å². The molecule has 0 aliphatic carbocycles. The summed E-state index contributed by atoms with van der Waals surface area (Å²) in [4.78, 5) is 5.62. The highest BCUT2D eigenvalue weighted by atomic mass is 32.1. The second-order valence-corrected chi connectivity index (χ2v) is 4.98. The molecule has 1 atom stereocenters. The van der Waals surface area contributed by atoms with Gasteiger partial charge in [0, 0.05) is 36.6 Å². The minimum absolute atomic E-state index is 0.166. The van der Waals surface area contributed by atoms with E-state index in [0.29, 0.717) is 0 Å². The number of aromatic nitrogens is 1. The lowest BCUT2D eigenvalue weighted by Crippen LogP contribution is -2.38. The van der Waals surface area contributed by atoms with Crippen LogP contribution in [0.5, 0.6) is 0 Å². The van der Waals surface area contributed by atoms with Gasteiger partial charge in [0.05, 0.1) is 5.01 Å². The molecule has 3 nitrogen and oxygen atoms in total. The van der Waals surface area contributed by atoms with E-state index >= 15 is 0 Å². The molecule has 0 fully saturated rings. The van der Waals surface area contributed by atoms with Gasteiger partial charge in [0.1, 0.15) is 0 Å². The van der Waals surface area contributed by atoms with Crippen molar-refractivity contribution in [1.29, 1.82) is 0 Å². The van der Waals surface area contributed by atoms with Crippen molar-refractivity contribution in [3.8, 4) is 0 Å². The van der Waals surface area contributed by atoms with E-state index in [0.717, 1.165) is 19.5 Å². The summed E-state index contributed by atoms with van der Waals surface area (Å²) in [5.41, 5.74) is 7.19. The zero-order valence-corrected chi connectivity index (χ0v) is 9.10. The molecule has 0 spiro atoms. The second-order valence-electron chi connectivity index (χ2n) is 3.66. The lowest BCUT2D eigenvalue weighted by atomic mass is 10.1. The van der Waals surface area contributed by atoms with E-state index < -0.39 is 0 Å². The average Bonchev–Trinajstić information content (AvgIpc) is 2.51. The van der Waals surface area contributed by atoms with Crippen molar-refractivity contribution >= 4 is 11.3 Å². The molecule has 4 heteroatoms. The standard InChI is InChI=1S/C10H15N3S/c1-7-4-13-10(14-7)3-8-2-9(11)6-12-5-8/h2,4,9,12H,3,5-6,11H2,1H3. The third-order valence-corrected chi connectivity index (χ3v) is 3.14. The van der Waals surface area contributed by atoms with Crippen LogP contribution in [0.2, 0.25) is 0 Å². The smallest absolute Gasteiger partial charge is 0.0968 e. The molecule has 1 aromatic rings. The summed E-state index contributed by atoms with van der Waals surface area (Å²) < 4.78 is 0. The fourth-order valence-corrected chi connectivity index (χ4v) is 2.46. The van der Waals surface area contributed by atoms with Crippen LogP contribution in [0.25, 0.3) is 0 Å². The number of nitrogens with one attached hydrogen (secondary N) is 1. The molecule has 0 bridgehead atoms. The molecule has 1 aliphatic heterocycles. The Labute approximate surface area is 88.0 Å². The maximum Gasteiger partial charge on any atom is 0.0968 e. The van der Waals surface area contributed by atoms with Gasteiger partial charge >= 0.3 is 0 Å². The molecule has 14 heavy (non-hydrogen) atoms. The van der Waals surface area contributed by atoms with Crippen molar-refractivity contribution in [2.24, 2.45) is 5.73 Å². The van der Waals surface area contributed by atoms with Gasteiger partial charge in [0.15, 0.2) is 0 Å². The fourth-order valence-electron chi connectivity index (χ4n) is 1.62. The third-order valence-electron chi connectivity index (χ3n) is 2.23. The van der Waals surface area contributed by atoms with Crippen LogP contribution in [0.3, 0.4) is 0 Å². The van der Waals surface area contributed by atoms with Crippen LogP contribution in [0.4, 0.5) is 0 Å². The summed E-state index contributed by atoms with van der Waals surface area (Å²) in [6, 6.07) is 0.166. The summed E-state index contributed by atoms with van der Waals surface area (Å²) in [5, 5.41) is 4.48. The summed E-state index contributed by atoms with van der Waals surface area (Å²) in [5.74, 6) is 0. The van der Waals surface area contributed by atoms with Crippen LogP contribution in [0, 0.1) is 6.92 Å². The van der Waals surface area contributed by atoms with E-state index in [4.69, 9.17) is 5.73 Å². The maximum absolute atomic E-state index is 5.83. The number of nitrogens with zero attached hydrogens (tertiary/aromatic N) is 1. The summed E-state index contributed by atoms with van der Waals surface area (Å²) >= 11 is 1.76. The van der Waals surface area contributed by atoms with Gasteiger partial charge in [0.25, 0.3) is 0 Å². The zero-order chi connectivity index (χ0) is 9.97. The normalized spacial score (nSPS) is 22.1. The van der Waals surface area contributed by atoms with Crippen molar-refractivity contribution in [3.63, 3.8) is 0 Å². The molecular weight excluding hydrogens is 194 g/mol. The lowest BCUT2D eigenvalue weighted by molar-refractivity contribution is 0.627. The lowest BCUT2D eigenvalue weighted by Gasteiger charge is -2.18. The highest BCUT2D eigenvalue weighted by molar-refractivity contribution is 7.11.